The van der Waals surface area contributed by atoms with E-state index < -0.39 is 54.2 Å². The molecule has 9 heteroatoms. The van der Waals surface area contributed by atoms with Crippen molar-refractivity contribution in [3.63, 3.8) is 0 Å². The van der Waals surface area contributed by atoms with Crippen molar-refractivity contribution in [2.24, 2.45) is 0 Å². The lowest BCUT2D eigenvalue weighted by molar-refractivity contribution is -0.306. The minimum Gasteiger partial charge on any atom is -0.456 e. The molecule has 5 atom stereocenters. The molecule has 0 aliphatic carbocycles. The van der Waals surface area contributed by atoms with Crippen molar-refractivity contribution in [1.82, 2.24) is 0 Å². The quantitative estimate of drug-likeness (QED) is 0.205. The molecule has 0 N–H and O–H groups in total. The minimum absolute atomic E-state index is 0.124. The molecule has 1 aliphatic heterocycles. The first-order valence-corrected chi connectivity index (χ1v) is 13.3. The van der Waals surface area contributed by atoms with Crippen molar-refractivity contribution in [1.29, 1.82) is 0 Å². The Morgan fingerprint density at radius 2 is 1.02 bits per heavy atom. The van der Waals surface area contributed by atoms with Crippen LogP contribution >= 0.6 is 0 Å². The fraction of sp³-hybridized carbons (Fsp3) is 0.344. The number of carbonyl (C=O) groups is 3. The summed E-state index contributed by atoms with van der Waals surface area (Å²) in [5, 5.41) is 0. The summed E-state index contributed by atoms with van der Waals surface area (Å²) in [6.07, 6.45) is -5.69. The van der Waals surface area contributed by atoms with E-state index in [1.807, 2.05) is 91.0 Å². The molecule has 3 aromatic rings. The standard InChI is InChI=1S/C32H34O9/c1-21(33)38-28-27(41-31(36-4)30(40-23(3)35)29(28)39-22(2)34)20-37-32(24-14-8-5-9-15-24,25-16-10-6-11-17-25)26-18-12-7-13-19-26/h5-19,27-31H,20H2,1-4H3/t27-,28+,29-,30-,31+/m1/s1. The van der Waals surface area contributed by atoms with Crippen LogP contribution in [0.5, 0.6) is 0 Å². The van der Waals surface area contributed by atoms with Gasteiger partial charge in [-0.05, 0) is 16.7 Å². The Morgan fingerprint density at radius 1 is 0.634 bits per heavy atom. The molecule has 0 unspecified atom stereocenters. The summed E-state index contributed by atoms with van der Waals surface area (Å²) in [5.74, 6) is -1.95. The lowest BCUT2D eigenvalue weighted by atomic mass is 9.80. The number of rotatable bonds is 10. The fourth-order valence-corrected chi connectivity index (χ4v) is 5.15. The summed E-state index contributed by atoms with van der Waals surface area (Å²) in [6, 6.07) is 29.2. The molecule has 1 saturated heterocycles. The molecule has 0 spiro atoms. The Labute approximate surface area is 239 Å². The van der Waals surface area contributed by atoms with Crippen molar-refractivity contribution >= 4 is 17.9 Å². The van der Waals surface area contributed by atoms with E-state index in [2.05, 4.69) is 0 Å². The molecule has 4 rings (SSSR count). The fourth-order valence-electron chi connectivity index (χ4n) is 5.15. The molecule has 0 bridgehead atoms. The number of methoxy groups -OCH3 is 1. The zero-order chi connectivity index (χ0) is 29.4. The normalized spacial score (nSPS) is 22.4. The highest BCUT2D eigenvalue weighted by Gasteiger charge is 2.53. The SMILES string of the molecule is CO[C@H]1O[C@H](COC(c2ccccc2)(c2ccccc2)c2ccccc2)[C@H](OC(C)=O)[C@@H](OC(C)=O)[C@H]1OC(C)=O. The largest absolute Gasteiger partial charge is 0.456 e. The maximum atomic E-state index is 12.2. The van der Waals surface area contributed by atoms with Gasteiger partial charge in [0, 0.05) is 27.9 Å². The van der Waals surface area contributed by atoms with Gasteiger partial charge >= 0.3 is 17.9 Å². The molecule has 0 aromatic heterocycles. The van der Waals surface area contributed by atoms with E-state index >= 15 is 0 Å². The molecule has 0 radical (unpaired) electrons. The summed E-state index contributed by atoms with van der Waals surface area (Å²) < 4.78 is 35.2. The zero-order valence-corrected chi connectivity index (χ0v) is 23.4. The monoisotopic (exact) mass is 562 g/mol. The number of ether oxygens (including phenoxy) is 6. The Bertz CT molecular complexity index is 1200. The van der Waals surface area contributed by atoms with Crippen LogP contribution in [-0.4, -0.2) is 62.3 Å². The van der Waals surface area contributed by atoms with E-state index in [-0.39, 0.29) is 6.61 Å². The van der Waals surface area contributed by atoms with Crippen LogP contribution in [0.2, 0.25) is 0 Å². The average Bonchev–Trinajstić information content (AvgIpc) is 2.97. The second-order valence-corrected chi connectivity index (χ2v) is 9.59. The topological polar surface area (TPSA) is 107 Å². The van der Waals surface area contributed by atoms with E-state index in [0.29, 0.717) is 0 Å². The first-order chi connectivity index (χ1) is 19.8. The average molecular weight is 563 g/mol. The van der Waals surface area contributed by atoms with Gasteiger partial charge in [0.2, 0.25) is 0 Å². The summed E-state index contributed by atoms with van der Waals surface area (Å²) in [5.41, 5.74) is 1.47. The molecule has 41 heavy (non-hydrogen) atoms. The maximum Gasteiger partial charge on any atom is 0.303 e. The van der Waals surface area contributed by atoms with E-state index in [9.17, 15) is 14.4 Å². The molecule has 1 aliphatic rings. The first kappa shape index (κ1) is 29.9. The van der Waals surface area contributed by atoms with E-state index in [1.165, 1.54) is 27.9 Å². The zero-order valence-electron chi connectivity index (χ0n) is 23.4. The lowest BCUT2D eigenvalue weighted by Crippen LogP contribution is -2.63. The summed E-state index contributed by atoms with van der Waals surface area (Å²) >= 11 is 0. The highest BCUT2D eigenvalue weighted by Crippen LogP contribution is 2.41. The molecule has 0 amide bonds. The van der Waals surface area contributed by atoms with Gasteiger partial charge in [-0.2, -0.15) is 0 Å². The third kappa shape index (κ3) is 6.82. The molecule has 0 saturated carbocycles. The van der Waals surface area contributed by atoms with Crippen LogP contribution in [0.4, 0.5) is 0 Å². The van der Waals surface area contributed by atoms with Crippen molar-refractivity contribution in [3.05, 3.63) is 108 Å². The van der Waals surface area contributed by atoms with Gasteiger partial charge in [0.15, 0.2) is 24.6 Å². The van der Waals surface area contributed by atoms with E-state index in [0.717, 1.165) is 16.7 Å². The minimum atomic E-state index is -1.22. The predicted molar refractivity (Wildman–Crippen MR) is 147 cm³/mol. The number of esters is 3. The van der Waals surface area contributed by atoms with Crippen LogP contribution in [0.1, 0.15) is 37.5 Å². The summed E-state index contributed by atoms with van der Waals surface area (Å²) in [6.45, 7) is 3.53. The smallest absolute Gasteiger partial charge is 0.303 e. The Morgan fingerprint density at radius 3 is 1.41 bits per heavy atom. The van der Waals surface area contributed by atoms with Crippen LogP contribution in [0, 0.1) is 0 Å². The van der Waals surface area contributed by atoms with Crippen molar-refractivity contribution in [2.75, 3.05) is 13.7 Å². The van der Waals surface area contributed by atoms with Gasteiger partial charge in [0.1, 0.15) is 11.7 Å². The van der Waals surface area contributed by atoms with E-state index in [4.69, 9.17) is 28.4 Å². The summed E-state index contributed by atoms with van der Waals surface area (Å²) in [4.78, 5) is 36.3. The molecule has 1 heterocycles. The van der Waals surface area contributed by atoms with Gasteiger partial charge in [-0.15, -0.1) is 0 Å². The Balaban J connectivity index is 1.80. The highest BCUT2D eigenvalue weighted by atomic mass is 16.7. The van der Waals surface area contributed by atoms with Crippen molar-refractivity contribution in [3.8, 4) is 0 Å². The Hall–Kier alpha value is -4.05. The third-order valence-electron chi connectivity index (χ3n) is 6.73. The molecule has 9 nitrogen and oxygen atoms in total. The third-order valence-corrected chi connectivity index (χ3v) is 6.73. The van der Waals surface area contributed by atoms with Crippen LogP contribution in [-0.2, 0) is 48.4 Å². The number of carbonyl (C=O) groups excluding carboxylic acids is 3. The number of benzene rings is 3. The maximum absolute atomic E-state index is 12.2. The predicted octanol–water partition coefficient (Wildman–Crippen LogP) is 4.16. The van der Waals surface area contributed by atoms with Gasteiger partial charge in [-0.1, -0.05) is 91.0 Å². The molecule has 3 aromatic carbocycles. The van der Waals surface area contributed by atoms with Gasteiger partial charge in [-0.25, -0.2) is 0 Å². The number of hydrogen-bond acceptors (Lipinski definition) is 9. The van der Waals surface area contributed by atoms with Crippen LogP contribution < -0.4 is 0 Å². The molecular formula is C32H34O9. The summed E-state index contributed by atoms with van der Waals surface area (Å²) in [7, 11) is 1.37. The van der Waals surface area contributed by atoms with Gasteiger partial charge < -0.3 is 28.4 Å². The van der Waals surface area contributed by atoms with Crippen LogP contribution in [0.25, 0.3) is 0 Å². The van der Waals surface area contributed by atoms with Crippen molar-refractivity contribution < 1.29 is 42.8 Å². The second-order valence-electron chi connectivity index (χ2n) is 9.59. The van der Waals surface area contributed by atoms with E-state index in [1.54, 1.807) is 0 Å². The molecule has 1 fully saturated rings. The Kier molecular flexibility index (Phi) is 9.88. The van der Waals surface area contributed by atoms with Crippen LogP contribution in [0.3, 0.4) is 0 Å². The van der Waals surface area contributed by atoms with Gasteiger partial charge in [0.05, 0.1) is 6.61 Å². The van der Waals surface area contributed by atoms with Gasteiger partial charge in [-0.3, -0.25) is 14.4 Å². The highest BCUT2D eigenvalue weighted by molar-refractivity contribution is 5.68. The molecule has 216 valence electrons. The van der Waals surface area contributed by atoms with Crippen molar-refractivity contribution in [2.45, 2.75) is 57.1 Å². The lowest BCUT2D eigenvalue weighted by Gasteiger charge is -2.45. The van der Waals surface area contributed by atoms with Gasteiger partial charge in [0.25, 0.3) is 0 Å². The second kappa shape index (κ2) is 13.5. The first-order valence-electron chi connectivity index (χ1n) is 13.3. The molecular weight excluding hydrogens is 528 g/mol. The number of hydrogen-bond donors (Lipinski definition) is 0. The van der Waals surface area contributed by atoms with Crippen LogP contribution in [0.15, 0.2) is 91.0 Å².